The Kier molecular flexibility index (Phi) is 20.3. The van der Waals surface area contributed by atoms with Gasteiger partial charge in [-0.1, -0.05) is 60.6 Å². The number of nitrogens with zero attached hydrogens (tertiary/aromatic N) is 2. The van der Waals surface area contributed by atoms with Crippen LogP contribution in [0.2, 0.25) is 0 Å². The molecule has 1 aliphatic heterocycles. The molecule has 1 rings (SSSR count). The summed E-state index contributed by atoms with van der Waals surface area (Å²) in [5.74, 6) is -1.40. The van der Waals surface area contributed by atoms with E-state index in [1.54, 1.807) is 42.6 Å². The molecule has 1 N–H and O–H groups in total. The first-order valence-corrected chi connectivity index (χ1v) is 17.1. The molecule has 45 heavy (non-hydrogen) atoms. The number of likely N-dealkylation sites (N-methyl/N-ethyl adjacent to an activating group) is 1. The molecule has 0 aromatic heterocycles. The van der Waals surface area contributed by atoms with Gasteiger partial charge in [-0.25, -0.2) is 0 Å². The van der Waals surface area contributed by atoms with Crippen molar-refractivity contribution in [3.05, 3.63) is 23.6 Å². The Morgan fingerprint density at radius 2 is 1.76 bits per heavy atom. The fourth-order valence-electron chi connectivity index (χ4n) is 5.53. The average molecular weight is 656 g/mol. The highest BCUT2D eigenvalue weighted by Gasteiger charge is 2.42. The lowest BCUT2D eigenvalue weighted by atomic mass is 9.88. The first kappa shape index (κ1) is 42.6. The van der Waals surface area contributed by atoms with E-state index >= 15 is 0 Å². The van der Waals surface area contributed by atoms with Crippen LogP contribution >= 0.6 is 11.8 Å². The number of nitrogens with one attached hydrogen (secondary N) is 1. The van der Waals surface area contributed by atoms with Gasteiger partial charge in [0.1, 0.15) is 6.54 Å². The summed E-state index contributed by atoms with van der Waals surface area (Å²) in [6, 6.07) is -0.544. The van der Waals surface area contributed by atoms with E-state index in [0.29, 0.717) is 19.4 Å². The van der Waals surface area contributed by atoms with E-state index in [-0.39, 0.29) is 54.1 Å². The van der Waals surface area contributed by atoms with Crippen molar-refractivity contribution >= 4 is 35.5 Å². The van der Waals surface area contributed by atoms with Crippen LogP contribution in [-0.4, -0.2) is 106 Å². The molecule has 260 valence electrons. The fourth-order valence-corrected chi connectivity index (χ4v) is 6.00. The summed E-state index contributed by atoms with van der Waals surface area (Å²) in [6.07, 6.45) is 5.72. The van der Waals surface area contributed by atoms with Crippen molar-refractivity contribution < 1.29 is 33.4 Å². The molecule has 1 aliphatic rings. The van der Waals surface area contributed by atoms with Crippen LogP contribution in [0.15, 0.2) is 23.6 Å². The molecular weight excluding hydrogens is 594 g/mol. The first-order valence-electron chi connectivity index (χ1n) is 15.8. The lowest BCUT2D eigenvalue weighted by molar-refractivity contribution is -0.147. The van der Waals surface area contributed by atoms with Gasteiger partial charge in [-0.15, -0.1) is 11.8 Å². The minimum atomic E-state index is -0.588. The number of rotatable bonds is 16. The smallest absolute Gasteiger partial charge is 0.325 e. The summed E-state index contributed by atoms with van der Waals surface area (Å²) in [7, 11) is 6.18. The Morgan fingerprint density at radius 3 is 2.20 bits per heavy atom. The normalized spacial score (nSPS) is 18.4. The molecule has 3 amide bonds. The van der Waals surface area contributed by atoms with Crippen molar-refractivity contribution in [2.45, 2.75) is 105 Å². The molecule has 0 spiro atoms. The predicted molar refractivity (Wildman–Crippen MR) is 183 cm³/mol. The van der Waals surface area contributed by atoms with Crippen molar-refractivity contribution in [2.24, 2.45) is 17.3 Å². The van der Waals surface area contributed by atoms with Crippen LogP contribution in [0.5, 0.6) is 0 Å². The van der Waals surface area contributed by atoms with Crippen molar-refractivity contribution in [3.63, 3.8) is 0 Å². The monoisotopic (exact) mass is 655 g/mol. The molecule has 1 saturated heterocycles. The number of amides is 3. The van der Waals surface area contributed by atoms with Crippen LogP contribution in [-0.2, 0) is 33.4 Å². The number of allylic oxidation sites excluding steroid dienone is 2. The molecule has 0 aromatic carbocycles. The number of methoxy groups -OCH3 is 3. The minimum Gasteiger partial charge on any atom is -0.468 e. The Bertz CT molecular complexity index is 981. The second-order valence-corrected chi connectivity index (χ2v) is 13.7. The third kappa shape index (κ3) is 14.7. The predicted octanol–water partition coefficient (Wildman–Crippen LogP) is 5.07. The highest BCUT2D eigenvalue weighted by Crippen LogP contribution is 2.30. The zero-order valence-corrected chi connectivity index (χ0v) is 30.8. The highest BCUT2D eigenvalue weighted by atomic mass is 32.2. The van der Waals surface area contributed by atoms with E-state index in [2.05, 4.69) is 35.9 Å². The maximum absolute atomic E-state index is 13.7. The van der Waals surface area contributed by atoms with Crippen LogP contribution in [0.4, 0.5) is 0 Å². The van der Waals surface area contributed by atoms with Crippen molar-refractivity contribution in [3.8, 4) is 0 Å². The summed E-state index contributed by atoms with van der Waals surface area (Å²) < 4.78 is 16.2. The summed E-state index contributed by atoms with van der Waals surface area (Å²) in [5.41, 5.74) is 1.08. The number of likely N-dealkylation sites (tertiary alicyclic amines) is 1. The Labute approximate surface area is 277 Å². The average Bonchev–Trinajstić information content (AvgIpc) is 3.48. The molecule has 0 bridgehead atoms. The SMILES string of the molecule is C=C/C(C)=C\SC.CCC(C)C(C(CC(=O)N1CCCC1C(OC)C(C)C(=O)NCC(=O)OC)OC)N(C)C(=O)CC(C)(C)C. The second-order valence-electron chi connectivity index (χ2n) is 13.0. The quantitative estimate of drug-likeness (QED) is 0.181. The molecule has 0 aromatic rings. The zero-order valence-electron chi connectivity index (χ0n) is 29.9. The maximum atomic E-state index is 13.7. The maximum Gasteiger partial charge on any atom is 0.325 e. The number of esters is 1. The van der Waals surface area contributed by atoms with Gasteiger partial charge in [0.15, 0.2) is 0 Å². The number of carbonyl (C=O) groups is 4. The second kappa shape index (κ2) is 21.4. The van der Waals surface area contributed by atoms with E-state index in [0.717, 1.165) is 12.8 Å². The van der Waals surface area contributed by atoms with Crippen molar-refractivity contribution in [1.29, 1.82) is 0 Å². The van der Waals surface area contributed by atoms with Gasteiger partial charge in [-0.2, -0.15) is 0 Å². The van der Waals surface area contributed by atoms with Gasteiger partial charge in [-0.05, 0) is 48.3 Å². The zero-order chi connectivity index (χ0) is 34.9. The van der Waals surface area contributed by atoms with E-state index < -0.39 is 24.1 Å². The molecular formula is C34H61N3O7S. The lowest BCUT2D eigenvalue weighted by Crippen LogP contribution is -2.53. The van der Waals surface area contributed by atoms with Crippen molar-refractivity contribution in [2.75, 3.05) is 47.7 Å². The van der Waals surface area contributed by atoms with Crippen LogP contribution in [0.25, 0.3) is 0 Å². The van der Waals surface area contributed by atoms with Gasteiger partial charge in [-0.3, -0.25) is 19.2 Å². The molecule has 1 fully saturated rings. The van der Waals surface area contributed by atoms with E-state index in [1.807, 2.05) is 40.0 Å². The molecule has 11 heteroatoms. The van der Waals surface area contributed by atoms with Crippen LogP contribution < -0.4 is 5.32 Å². The Hall–Kier alpha value is -2.37. The first-order chi connectivity index (χ1) is 21.0. The number of ether oxygens (including phenoxy) is 3. The van der Waals surface area contributed by atoms with Gasteiger partial charge in [0.2, 0.25) is 17.7 Å². The van der Waals surface area contributed by atoms with Gasteiger partial charge in [0.25, 0.3) is 0 Å². The standard InChI is InChI=1S/C28H51N3O7.C6H10S/c1-11-18(2)25(30(7)23(33)16-28(4,5)6)21(36-8)15-22(32)31-14-12-13-20(31)26(38-10)19(3)27(35)29-17-24(34)37-9;1-4-6(2)5-7-3/h18-21,25-26H,11-17H2,1-10H3,(H,29,35);4-5H,1H2,2-3H3/b;6-5-. The summed E-state index contributed by atoms with van der Waals surface area (Å²) in [6.45, 7) is 17.9. The third-order valence-electron chi connectivity index (χ3n) is 8.25. The van der Waals surface area contributed by atoms with E-state index in [4.69, 9.17) is 9.47 Å². The van der Waals surface area contributed by atoms with Crippen LogP contribution in [0.3, 0.4) is 0 Å². The molecule has 6 unspecified atom stereocenters. The van der Waals surface area contributed by atoms with E-state index in [9.17, 15) is 19.2 Å². The number of carbonyl (C=O) groups excluding carboxylic acids is 4. The Balaban J connectivity index is 0.00000246. The molecule has 0 saturated carbocycles. The molecule has 1 heterocycles. The van der Waals surface area contributed by atoms with Crippen molar-refractivity contribution in [1.82, 2.24) is 15.1 Å². The lowest BCUT2D eigenvalue weighted by Gasteiger charge is -2.40. The topological polar surface area (TPSA) is 114 Å². The molecule has 0 radical (unpaired) electrons. The summed E-state index contributed by atoms with van der Waals surface area (Å²) >= 11 is 1.70. The number of thioether (sulfide) groups is 1. The Morgan fingerprint density at radius 1 is 1.13 bits per heavy atom. The number of hydrogen-bond donors (Lipinski definition) is 1. The molecule has 10 nitrogen and oxygen atoms in total. The fraction of sp³-hybridized carbons (Fsp3) is 0.765. The van der Waals surface area contributed by atoms with E-state index in [1.165, 1.54) is 19.8 Å². The number of hydrogen-bond acceptors (Lipinski definition) is 8. The van der Waals surface area contributed by atoms with Crippen LogP contribution in [0, 0.1) is 17.3 Å². The van der Waals surface area contributed by atoms with Gasteiger partial charge in [0, 0.05) is 34.2 Å². The van der Waals surface area contributed by atoms with Crippen LogP contribution in [0.1, 0.15) is 80.6 Å². The van der Waals surface area contributed by atoms with Gasteiger partial charge in [0.05, 0.1) is 43.7 Å². The molecule has 0 aliphatic carbocycles. The largest absolute Gasteiger partial charge is 0.468 e. The highest BCUT2D eigenvalue weighted by molar-refractivity contribution is 8.01. The third-order valence-corrected chi connectivity index (χ3v) is 8.85. The summed E-state index contributed by atoms with van der Waals surface area (Å²) in [4.78, 5) is 54.4. The summed E-state index contributed by atoms with van der Waals surface area (Å²) in [5, 5.41) is 4.64. The molecule has 6 atom stereocenters. The van der Waals surface area contributed by atoms with Gasteiger partial charge < -0.3 is 29.3 Å². The minimum absolute atomic E-state index is 0.0302. The van der Waals surface area contributed by atoms with Gasteiger partial charge >= 0.3 is 5.97 Å².